The predicted molar refractivity (Wildman–Crippen MR) is 81.0 cm³/mol. The van der Waals surface area contributed by atoms with Crippen molar-refractivity contribution in [3.05, 3.63) is 59.3 Å². The third kappa shape index (κ3) is 2.17. The highest BCUT2D eigenvalue weighted by atomic mass is 16.1. The fourth-order valence-electron chi connectivity index (χ4n) is 2.65. The van der Waals surface area contributed by atoms with E-state index in [1.54, 1.807) is 6.20 Å². The summed E-state index contributed by atoms with van der Waals surface area (Å²) in [6, 6.07) is 11.5. The lowest BCUT2D eigenvalue weighted by molar-refractivity contribution is 0.102. The molecule has 21 heavy (non-hydrogen) atoms. The number of carbonyl (C=O) groups excluding carboxylic acids is 1. The predicted octanol–water partition coefficient (Wildman–Crippen LogP) is 2.42. The minimum Gasteiger partial charge on any atom is -0.322 e. The van der Waals surface area contributed by atoms with Gasteiger partial charge < -0.3 is 10.6 Å². The maximum absolute atomic E-state index is 12.3. The molecule has 0 unspecified atom stereocenters. The van der Waals surface area contributed by atoms with E-state index in [4.69, 9.17) is 0 Å². The first-order valence-corrected chi connectivity index (χ1v) is 6.86. The van der Waals surface area contributed by atoms with Gasteiger partial charge in [0.25, 0.3) is 5.91 Å². The largest absolute Gasteiger partial charge is 0.322 e. The second-order valence-electron chi connectivity index (χ2n) is 5.21. The molecule has 0 bridgehead atoms. The Morgan fingerprint density at radius 1 is 1.10 bits per heavy atom. The van der Waals surface area contributed by atoms with Gasteiger partial charge in [0.2, 0.25) is 0 Å². The zero-order valence-corrected chi connectivity index (χ0v) is 11.3. The van der Waals surface area contributed by atoms with Crippen molar-refractivity contribution >= 4 is 22.5 Å². The molecule has 0 aliphatic carbocycles. The number of benzene rings is 2. The number of rotatable bonds is 2. The van der Waals surface area contributed by atoms with Crippen molar-refractivity contribution in [2.75, 3.05) is 5.32 Å². The molecule has 1 amide bonds. The van der Waals surface area contributed by atoms with Crippen molar-refractivity contribution < 1.29 is 4.79 Å². The number of nitrogens with one attached hydrogen (secondary N) is 3. The molecule has 2 heterocycles. The topological polar surface area (TPSA) is 69.8 Å². The fraction of sp³-hybridized carbons (Fsp3) is 0.125. The molecule has 0 saturated heterocycles. The summed E-state index contributed by atoms with van der Waals surface area (Å²) in [4.78, 5) is 12.3. The third-order valence-corrected chi connectivity index (χ3v) is 3.80. The fourth-order valence-corrected chi connectivity index (χ4v) is 2.65. The molecule has 5 nitrogen and oxygen atoms in total. The molecule has 3 N–H and O–H groups in total. The minimum atomic E-state index is -0.0939. The Labute approximate surface area is 121 Å². The van der Waals surface area contributed by atoms with Crippen LogP contribution in [0.1, 0.15) is 21.5 Å². The van der Waals surface area contributed by atoms with Gasteiger partial charge in [-0.15, -0.1) is 0 Å². The van der Waals surface area contributed by atoms with Crippen molar-refractivity contribution in [2.45, 2.75) is 13.1 Å². The molecule has 0 radical (unpaired) electrons. The Morgan fingerprint density at radius 3 is 2.95 bits per heavy atom. The summed E-state index contributed by atoms with van der Waals surface area (Å²) >= 11 is 0. The van der Waals surface area contributed by atoms with Crippen LogP contribution in [0, 0.1) is 0 Å². The second kappa shape index (κ2) is 4.71. The van der Waals surface area contributed by atoms with E-state index in [-0.39, 0.29) is 5.91 Å². The van der Waals surface area contributed by atoms with Gasteiger partial charge >= 0.3 is 0 Å². The number of H-pyrrole nitrogens is 1. The summed E-state index contributed by atoms with van der Waals surface area (Å²) < 4.78 is 0. The van der Waals surface area contributed by atoms with Crippen LogP contribution in [0.25, 0.3) is 10.9 Å². The zero-order valence-electron chi connectivity index (χ0n) is 11.3. The van der Waals surface area contributed by atoms with E-state index in [2.05, 4.69) is 20.8 Å². The molecule has 0 saturated carbocycles. The van der Waals surface area contributed by atoms with E-state index >= 15 is 0 Å². The van der Waals surface area contributed by atoms with Crippen LogP contribution in [-0.4, -0.2) is 16.1 Å². The molecule has 104 valence electrons. The molecular formula is C16H14N4O. The van der Waals surface area contributed by atoms with Crippen LogP contribution in [0.15, 0.2) is 42.6 Å². The highest BCUT2D eigenvalue weighted by Gasteiger charge is 2.13. The molecule has 1 aliphatic heterocycles. The van der Waals surface area contributed by atoms with Gasteiger partial charge in [-0.3, -0.25) is 9.89 Å². The van der Waals surface area contributed by atoms with Crippen molar-refractivity contribution in [1.29, 1.82) is 0 Å². The number of hydrogen-bond acceptors (Lipinski definition) is 3. The molecule has 0 atom stereocenters. The first kappa shape index (κ1) is 12.1. The number of carbonyl (C=O) groups is 1. The smallest absolute Gasteiger partial charge is 0.255 e. The van der Waals surface area contributed by atoms with Crippen LogP contribution in [-0.2, 0) is 13.1 Å². The standard InChI is InChI=1S/C16H14N4O/c21-16(10-1-2-11-7-17-8-13(11)5-10)19-14-4-3-12-9-18-20-15(12)6-14/h1-6,9,17H,7-8H2,(H,18,20)(H,19,21). The first-order valence-electron chi connectivity index (χ1n) is 6.86. The lowest BCUT2D eigenvalue weighted by atomic mass is 10.1. The van der Waals surface area contributed by atoms with Crippen LogP contribution in [0.3, 0.4) is 0 Å². The lowest BCUT2D eigenvalue weighted by Crippen LogP contribution is -2.12. The molecule has 0 spiro atoms. The highest BCUT2D eigenvalue weighted by Crippen LogP contribution is 2.20. The quantitative estimate of drug-likeness (QED) is 0.674. The van der Waals surface area contributed by atoms with Gasteiger partial charge in [0.1, 0.15) is 0 Å². The monoisotopic (exact) mass is 278 g/mol. The van der Waals surface area contributed by atoms with Crippen LogP contribution < -0.4 is 10.6 Å². The summed E-state index contributed by atoms with van der Waals surface area (Å²) in [6.07, 6.45) is 1.76. The van der Waals surface area contributed by atoms with Crippen molar-refractivity contribution in [2.24, 2.45) is 0 Å². The molecule has 5 heteroatoms. The summed E-state index contributed by atoms with van der Waals surface area (Å²) in [5.74, 6) is -0.0939. The summed E-state index contributed by atoms with van der Waals surface area (Å²) in [5.41, 5.74) is 4.82. The maximum Gasteiger partial charge on any atom is 0.255 e. The normalized spacial score (nSPS) is 13.3. The second-order valence-corrected chi connectivity index (χ2v) is 5.21. The van der Waals surface area contributed by atoms with E-state index in [0.717, 1.165) is 29.7 Å². The Bertz CT molecular complexity index is 837. The highest BCUT2D eigenvalue weighted by molar-refractivity contribution is 6.05. The minimum absolute atomic E-state index is 0.0939. The SMILES string of the molecule is O=C(Nc1ccc2cn[nH]c2c1)c1ccc2c(c1)CNC2. The molecule has 2 aromatic carbocycles. The number of hydrogen-bond donors (Lipinski definition) is 3. The van der Waals surface area contributed by atoms with Gasteiger partial charge in [-0.05, 0) is 41.5 Å². The summed E-state index contributed by atoms with van der Waals surface area (Å²) in [7, 11) is 0. The van der Waals surface area contributed by atoms with Crippen molar-refractivity contribution in [1.82, 2.24) is 15.5 Å². The van der Waals surface area contributed by atoms with E-state index < -0.39 is 0 Å². The third-order valence-electron chi connectivity index (χ3n) is 3.80. The van der Waals surface area contributed by atoms with Gasteiger partial charge in [0.15, 0.2) is 0 Å². The van der Waals surface area contributed by atoms with Crippen LogP contribution >= 0.6 is 0 Å². The molecule has 3 aromatic rings. The van der Waals surface area contributed by atoms with Gasteiger partial charge in [0.05, 0.1) is 11.7 Å². The van der Waals surface area contributed by atoms with Gasteiger partial charge in [0, 0.05) is 29.7 Å². The van der Waals surface area contributed by atoms with E-state index in [1.165, 1.54) is 11.1 Å². The Kier molecular flexibility index (Phi) is 2.72. The molecule has 4 rings (SSSR count). The first-order chi connectivity index (χ1) is 10.3. The number of anilines is 1. The average Bonchev–Trinajstić information content (AvgIpc) is 3.14. The lowest BCUT2D eigenvalue weighted by Gasteiger charge is -2.07. The van der Waals surface area contributed by atoms with Crippen molar-refractivity contribution in [3.8, 4) is 0 Å². The maximum atomic E-state index is 12.3. The van der Waals surface area contributed by atoms with Gasteiger partial charge in [-0.25, -0.2) is 0 Å². The van der Waals surface area contributed by atoms with Crippen molar-refractivity contribution in [3.63, 3.8) is 0 Å². The Hall–Kier alpha value is -2.66. The van der Waals surface area contributed by atoms with Crippen LogP contribution in [0.2, 0.25) is 0 Å². The average molecular weight is 278 g/mol. The number of nitrogens with zero attached hydrogens (tertiary/aromatic N) is 1. The summed E-state index contributed by atoms with van der Waals surface area (Å²) in [6.45, 7) is 1.71. The Morgan fingerprint density at radius 2 is 2.00 bits per heavy atom. The molecular weight excluding hydrogens is 264 g/mol. The number of fused-ring (bicyclic) bond motifs is 2. The number of aromatic nitrogens is 2. The van der Waals surface area contributed by atoms with E-state index in [9.17, 15) is 4.79 Å². The van der Waals surface area contributed by atoms with Crippen LogP contribution in [0.5, 0.6) is 0 Å². The number of amides is 1. The van der Waals surface area contributed by atoms with Crippen LogP contribution in [0.4, 0.5) is 5.69 Å². The summed E-state index contributed by atoms with van der Waals surface area (Å²) in [5, 5.41) is 14.1. The van der Waals surface area contributed by atoms with Gasteiger partial charge in [-0.1, -0.05) is 6.07 Å². The molecule has 0 fully saturated rings. The van der Waals surface area contributed by atoms with E-state index in [0.29, 0.717) is 5.56 Å². The van der Waals surface area contributed by atoms with Gasteiger partial charge in [-0.2, -0.15) is 5.10 Å². The molecule has 1 aliphatic rings. The number of aromatic amines is 1. The zero-order chi connectivity index (χ0) is 14.2. The molecule has 1 aromatic heterocycles. The van der Waals surface area contributed by atoms with E-state index in [1.807, 2.05) is 36.4 Å². The Balaban J connectivity index is 1.59.